The standard InChI is InChI=1S/C25H25F4N3O3S/c1-15-5-4-6-18(11-15)23-20(9-10-22(32-23)25(27,28)29)13-30-24(33)16(2)17-7-8-19(21(26)12-17)14-31-36(3,34)35/h4-12,16,31H,13-14H2,1-3H3,(H,30,33)/t16-/m0/s1. The number of aromatic nitrogens is 1. The first-order valence-electron chi connectivity index (χ1n) is 10.9. The lowest BCUT2D eigenvalue weighted by atomic mass is 9.98. The molecule has 3 aromatic rings. The van der Waals surface area contributed by atoms with E-state index >= 15 is 0 Å². The van der Waals surface area contributed by atoms with Crippen LogP contribution in [0.2, 0.25) is 0 Å². The molecule has 3 rings (SSSR count). The van der Waals surface area contributed by atoms with Gasteiger partial charge < -0.3 is 5.32 Å². The van der Waals surface area contributed by atoms with Gasteiger partial charge in [0.05, 0.1) is 17.9 Å². The Morgan fingerprint density at radius 2 is 1.72 bits per heavy atom. The fourth-order valence-corrected chi connectivity index (χ4v) is 3.92. The molecular formula is C25H25F4N3O3S. The summed E-state index contributed by atoms with van der Waals surface area (Å²) < 4.78 is 78.9. The molecule has 2 N–H and O–H groups in total. The molecule has 0 fully saturated rings. The smallest absolute Gasteiger partial charge is 0.351 e. The maximum absolute atomic E-state index is 14.4. The summed E-state index contributed by atoms with van der Waals surface area (Å²) in [5, 5.41) is 2.69. The SMILES string of the molecule is Cc1cccc(-c2nc(C(F)(F)F)ccc2CNC(=O)[C@@H](C)c2ccc(CNS(C)(=O)=O)c(F)c2)c1. The Balaban J connectivity index is 1.78. The molecule has 1 aromatic heterocycles. The Morgan fingerprint density at radius 1 is 1.03 bits per heavy atom. The van der Waals surface area contributed by atoms with Crippen molar-refractivity contribution in [3.8, 4) is 11.3 Å². The number of halogens is 4. The number of pyridine rings is 1. The Morgan fingerprint density at radius 3 is 2.33 bits per heavy atom. The zero-order valence-electron chi connectivity index (χ0n) is 19.8. The first-order chi connectivity index (χ1) is 16.7. The van der Waals surface area contributed by atoms with E-state index in [0.717, 1.165) is 24.0 Å². The van der Waals surface area contributed by atoms with E-state index in [2.05, 4.69) is 15.0 Å². The molecule has 2 aromatic carbocycles. The zero-order chi connectivity index (χ0) is 26.7. The van der Waals surface area contributed by atoms with Crippen molar-refractivity contribution in [2.45, 2.75) is 39.0 Å². The molecule has 0 radical (unpaired) electrons. The summed E-state index contributed by atoms with van der Waals surface area (Å²) in [5.41, 5.74) is 1.26. The molecule has 0 saturated carbocycles. The van der Waals surface area contributed by atoms with Crippen LogP contribution in [0, 0.1) is 12.7 Å². The predicted molar refractivity (Wildman–Crippen MR) is 128 cm³/mol. The topological polar surface area (TPSA) is 88.2 Å². The van der Waals surface area contributed by atoms with Crippen molar-refractivity contribution in [3.63, 3.8) is 0 Å². The lowest BCUT2D eigenvalue weighted by Gasteiger charge is -2.16. The molecule has 0 bridgehead atoms. The Bertz CT molecular complexity index is 1380. The average molecular weight is 524 g/mol. The van der Waals surface area contributed by atoms with Gasteiger partial charge >= 0.3 is 6.18 Å². The number of amides is 1. The summed E-state index contributed by atoms with van der Waals surface area (Å²) in [4.78, 5) is 16.6. The number of carbonyl (C=O) groups excluding carboxylic acids is 1. The summed E-state index contributed by atoms with van der Waals surface area (Å²) in [7, 11) is -3.50. The quantitative estimate of drug-likeness (QED) is 0.420. The van der Waals surface area contributed by atoms with E-state index in [0.29, 0.717) is 16.7 Å². The van der Waals surface area contributed by atoms with Crippen LogP contribution in [-0.2, 0) is 34.1 Å². The second-order valence-electron chi connectivity index (χ2n) is 8.46. The Hall–Kier alpha value is -3.31. The highest BCUT2D eigenvalue weighted by molar-refractivity contribution is 7.88. The van der Waals surface area contributed by atoms with Crippen LogP contribution >= 0.6 is 0 Å². The lowest BCUT2D eigenvalue weighted by Crippen LogP contribution is -2.28. The van der Waals surface area contributed by atoms with E-state index in [1.54, 1.807) is 25.1 Å². The van der Waals surface area contributed by atoms with Crippen LogP contribution in [-0.4, -0.2) is 25.6 Å². The van der Waals surface area contributed by atoms with Crippen LogP contribution in [0.3, 0.4) is 0 Å². The minimum atomic E-state index is -4.62. The second kappa shape index (κ2) is 10.8. The van der Waals surface area contributed by atoms with Gasteiger partial charge in [0.2, 0.25) is 15.9 Å². The molecule has 0 saturated heterocycles. The number of benzene rings is 2. The third-order valence-corrected chi connectivity index (χ3v) is 6.18. The number of hydrogen-bond donors (Lipinski definition) is 2. The van der Waals surface area contributed by atoms with Crippen LogP contribution in [0.15, 0.2) is 54.6 Å². The van der Waals surface area contributed by atoms with Crippen molar-refractivity contribution in [1.82, 2.24) is 15.0 Å². The molecule has 0 unspecified atom stereocenters. The Labute approximate surface area is 206 Å². The molecule has 0 aliphatic carbocycles. The summed E-state index contributed by atoms with van der Waals surface area (Å²) >= 11 is 0. The molecule has 192 valence electrons. The largest absolute Gasteiger partial charge is 0.433 e. The lowest BCUT2D eigenvalue weighted by molar-refractivity contribution is -0.141. The van der Waals surface area contributed by atoms with Crippen LogP contribution < -0.4 is 10.0 Å². The number of rotatable bonds is 8. The van der Waals surface area contributed by atoms with Gasteiger partial charge in [-0.05, 0) is 43.2 Å². The molecule has 0 spiro atoms. The fourth-order valence-electron chi connectivity index (χ4n) is 3.50. The molecule has 6 nitrogen and oxygen atoms in total. The van der Waals surface area contributed by atoms with Gasteiger partial charge in [0, 0.05) is 24.2 Å². The predicted octanol–water partition coefficient (Wildman–Crippen LogP) is 4.68. The molecule has 36 heavy (non-hydrogen) atoms. The average Bonchev–Trinajstić information content (AvgIpc) is 2.80. The third kappa shape index (κ3) is 7.11. The van der Waals surface area contributed by atoms with Crippen molar-refractivity contribution in [2.24, 2.45) is 0 Å². The number of carbonyl (C=O) groups is 1. The summed E-state index contributed by atoms with van der Waals surface area (Å²) in [5.74, 6) is -1.91. The highest BCUT2D eigenvalue weighted by Crippen LogP contribution is 2.31. The van der Waals surface area contributed by atoms with Crippen LogP contribution in [0.4, 0.5) is 17.6 Å². The second-order valence-corrected chi connectivity index (χ2v) is 10.3. The van der Waals surface area contributed by atoms with E-state index in [1.807, 2.05) is 13.0 Å². The number of alkyl halides is 3. The van der Waals surface area contributed by atoms with Crippen molar-refractivity contribution in [2.75, 3.05) is 6.26 Å². The number of nitrogens with zero attached hydrogens (tertiary/aromatic N) is 1. The van der Waals surface area contributed by atoms with E-state index in [4.69, 9.17) is 0 Å². The molecule has 1 atom stereocenters. The summed E-state index contributed by atoms with van der Waals surface area (Å²) in [6.45, 7) is 3.05. The molecule has 1 amide bonds. The van der Waals surface area contributed by atoms with Crippen molar-refractivity contribution >= 4 is 15.9 Å². The molecule has 0 aliphatic rings. The van der Waals surface area contributed by atoms with Crippen LogP contribution in [0.5, 0.6) is 0 Å². The molecule has 11 heteroatoms. The summed E-state index contributed by atoms with van der Waals surface area (Å²) in [6.07, 6.45) is -3.66. The van der Waals surface area contributed by atoms with Crippen molar-refractivity contribution in [3.05, 3.63) is 88.4 Å². The van der Waals surface area contributed by atoms with Crippen LogP contribution in [0.25, 0.3) is 11.3 Å². The molecule has 0 aliphatic heterocycles. The summed E-state index contributed by atoms with van der Waals surface area (Å²) in [6, 6.07) is 13.1. The van der Waals surface area contributed by atoms with Gasteiger partial charge in [-0.2, -0.15) is 13.2 Å². The zero-order valence-corrected chi connectivity index (χ0v) is 20.6. The van der Waals surface area contributed by atoms with Gasteiger partial charge in [-0.15, -0.1) is 0 Å². The van der Waals surface area contributed by atoms with Gasteiger partial charge in [0.25, 0.3) is 0 Å². The van der Waals surface area contributed by atoms with Gasteiger partial charge in [0.15, 0.2) is 0 Å². The normalized spacial score (nSPS) is 12.9. The maximum Gasteiger partial charge on any atom is 0.433 e. The number of sulfonamides is 1. The van der Waals surface area contributed by atoms with E-state index in [-0.39, 0.29) is 24.3 Å². The first-order valence-corrected chi connectivity index (χ1v) is 12.8. The Kier molecular flexibility index (Phi) is 8.15. The maximum atomic E-state index is 14.4. The minimum Gasteiger partial charge on any atom is -0.351 e. The van der Waals surface area contributed by atoms with Gasteiger partial charge in [-0.3, -0.25) is 4.79 Å². The molecular weight excluding hydrogens is 498 g/mol. The number of hydrogen-bond acceptors (Lipinski definition) is 4. The van der Waals surface area contributed by atoms with E-state index in [1.165, 1.54) is 18.2 Å². The minimum absolute atomic E-state index is 0.0869. The van der Waals surface area contributed by atoms with Gasteiger partial charge in [-0.1, -0.05) is 42.0 Å². The fraction of sp³-hybridized carbons (Fsp3) is 0.280. The first kappa shape index (κ1) is 27.3. The third-order valence-electron chi connectivity index (χ3n) is 5.51. The number of nitrogens with one attached hydrogen (secondary N) is 2. The van der Waals surface area contributed by atoms with E-state index in [9.17, 15) is 30.8 Å². The van der Waals surface area contributed by atoms with Crippen molar-refractivity contribution < 1.29 is 30.8 Å². The highest BCUT2D eigenvalue weighted by Gasteiger charge is 2.33. The van der Waals surface area contributed by atoms with Gasteiger partial charge in [-0.25, -0.2) is 22.5 Å². The highest BCUT2D eigenvalue weighted by atomic mass is 32.2. The monoisotopic (exact) mass is 523 g/mol. The molecule has 1 heterocycles. The van der Waals surface area contributed by atoms with Crippen LogP contribution in [0.1, 0.15) is 40.8 Å². The van der Waals surface area contributed by atoms with E-state index < -0.39 is 39.5 Å². The van der Waals surface area contributed by atoms with Crippen molar-refractivity contribution in [1.29, 1.82) is 0 Å². The van der Waals surface area contributed by atoms with Gasteiger partial charge in [0.1, 0.15) is 11.5 Å². The number of aryl methyl sites for hydroxylation is 1.